The Labute approximate surface area is 368 Å². The molecule has 0 spiro atoms. The molecule has 0 bridgehead atoms. The van der Waals surface area contributed by atoms with Gasteiger partial charge in [-0.1, -0.05) is 0 Å². The van der Waals surface area contributed by atoms with E-state index in [0.29, 0.717) is 0 Å². The predicted octanol–water partition coefficient (Wildman–Crippen LogP) is 6.52. The molecule has 2 atom stereocenters. The lowest BCUT2D eigenvalue weighted by Gasteiger charge is -2.37. The van der Waals surface area contributed by atoms with Crippen LogP contribution in [0.5, 0.6) is 0 Å². The molecule has 0 fully saturated rings. The number of aliphatic hydroxyl groups is 5. The highest BCUT2D eigenvalue weighted by Gasteiger charge is 2.83. The van der Waals surface area contributed by atoms with Gasteiger partial charge in [0.2, 0.25) is 0 Å². The largest absolute Gasteiger partial charge is 0.433 e. The average Bonchev–Trinajstić information content (AvgIpc) is 3.12. The Morgan fingerprint density at radius 2 is 0.443 bits per heavy atom. The van der Waals surface area contributed by atoms with Gasteiger partial charge >= 0.3 is 84.4 Å². The fourth-order valence-electron chi connectivity index (χ4n) is 3.68. The Hall–Kier alpha value is -2.48. The van der Waals surface area contributed by atoms with E-state index in [-0.39, 0.29) is 0 Å². The first kappa shape index (κ1) is 67.5. The van der Waals surface area contributed by atoms with E-state index in [4.69, 9.17) is 20.4 Å². The first-order valence-electron chi connectivity index (χ1n) is 17.5. The minimum atomic E-state index is -8.07. The van der Waals surface area contributed by atoms with E-state index in [9.17, 15) is 128 Å². The van der Waals surface area contributed by atoms with Crippen molar-refractivity contribution in [1.82, 2.24) is 0 Å². The molecule has 70 heavy (non-hydrogen) atoms. The van der Waals surface area contributed by atoms with Gasteiger partial charge in [0.1, 0.15) is 32.5 Å². The summed E-state index contributed by atoms with van der Waals surface area (Å²) in [5.41, 5.74) is 0. The molecule has 0 rings (SSSR count). The van der Waals surface area contributed by atoms with Crippen molar-refractivity contribution in [2.24, 2.45) is 0 Å². The summed E-state index contributed by atoms with van der Waals surface area (Å²) in [5, 5.41) is 44.6. The molecule has 41 heteroatoms. The third-order valence-corrected chi connectivity index (χ3v) is 7.49. The third-order valence-electron chi connectivity index (χ3n) is 7.49. The highest BCUT2D eigenvalue weighted by atomic mass is 19.4. The fourth-order valence-corrected chi connectivity index (χ4v) is 3.68. The van der Waals surface area contributed by atoms with Gasteiger partial charge in [0.05, 0.1) is 38.6 Å². The van der Waals surface area contributed by atoms with Crippen LogP contribution in [-0.4, -0.2) is 194 Å². The molecule has 5 N–H and O–H groups in total. The molecule has 0 aromatic heterocycles. The number of alkyl halides is 28. The number of hydrogen-bond donors (Lipinski definition) is 5. The van der Waals surface area contributed by atoms with Gasteiger partial charge in [-0.15, -0.1) is 0 Å². The maximum absolute atomic E-state index is 13.9. The van der Waals surface area contributed by atoms with Crippen LogP contribution in [0, 0.1) is 0 Å². The Kier molecular flexibility index (Phi) is 22.6. The standard InChI is InChI=1S/C29H32F28O13/c30-16(31,9-63-5-13(60)1-3-58)22(42,43)67-26(50,51)20(38,39)28(54,55)69-24(46,47)18(34,35)11-65-7-15(62)8-66-12-19(36,37)25(48,49)70-29(56,57)21(40,41)27(52,53)68-23(44,45)17(32,33)10-64-6-14(61)2-4-59/h13-15,58-62H,1-12H2. The van der Waals surface area contributed by atoms with Crippen LogP contribution in [0.1, 0.15) is 12.8 Å². The van der Waals surface area contributed by atoms with Crippen molar-refractivity contribution in [2.45, 2.75) is 116 Å². The Bertz CT molecular complexity index is 1480. The lowest BCUT2D eigenvalue weighted by Crippen LogP contribution is -2.63. The molecular weight excluding hydrogens is 1090 g/mol. The summed E-state index contributed by atoms with van der Waals surface area (Å²) in [6.45, 7) is -21.2. The van der Waals surface area contributed by atoms with E-state index >= 15 is 0 Å². The van der Waals surface area contributed by atoms with Gasteiger partial charge in [-0.3, -0.25) is 0 Å². The topological polar surface area (TPSA) is 175 Å². The second-order valence-corrected chi connectivity index (χ2v) is 13.6. The van der Waals surface area contributed by atoms with E-state index in [1.807, 2.05) is 0 Å². The molecule has 13 nitrogen and oxygen atoms in total. The van der Waals surface area contributed by atoms with Gasteiger partial charge in [0.15, 0.2) is 0 Å². The van der Waals surface area contributed by atoms with Crippen LogP contribution in [0.25, 0.3) is 0 Å². The van der Waals surface area contributed by atoms with Crippen molar-refractivity contribution >= 4 is 0 Å². The molecule has 0 aliphatic heterocycles. The summed E-state index contributed by atoms with van der Waals surface area (Å²) < 4.78 is 408. The molecule has 0 heterocycles. The van der Waals surface area contributed by atoms with Crippen LogP contribution in [-0.2, 0) is 37.9 Å². The first-order chi connectivity index (χ1) is 30.8. The number of halogens is 28. The molecule has 0 amide bonds. The summed E-state index contributed by atoms with van der Waals surface area (Å²) >= 11 is 0. The van der Waals surface area contributed by atoms with Crippen LogP contribution in [0.15, 0.2) is 0 Å². The van der Waals surface area contributed by atoms with Gasteiger partial charge < -0.3 is 44.5 Å². The Morgan fingerprint density at radius 1 is 0.271 bits per heavy atom. The lowest BCUT2D eigenvalue weighted by molar-refractivity contribution is -0.535. The second-order valence-electron chi connectivity index (χ2n) is 13.6. The van der Waals surface area contributed by atoms with E-state index in [1.165, 1.54) is 0 Å². The van der Waals surface area contributed by atoms with Crippen LogP contribution in [0.4, 0.5) is 123 Å². The fraction of sp³-hybridized carbons (Fsp3) is 1.00. The van der Waals surface area contributed by atoms with Crippen molar-refractivity contribution in [3.63, 3.8) is 0 Å². The minimum Gasteiger partial charge on any atom is -0.396 e. The number of rotatable bonds is 36. The normalized spacial score (nSPS) is 16.8. The molecule has 0 aliphatic carbocycles. The number of aliphatic hydroxyl groups excluding tert-OH is 5. The van der Waals surface area contributed by atoms with Crippen molar-refractivity contribution in [1.29, 1.82) is 0 Å². The van der Waals surface area contributed by atoms with Gasteiger partial charge in [0.25, 0.3) is 0 Å². The van der Waals surface area contributed by atoms with Crippen LogP contribution in [0.3, 0.4) is 0 Å². The third kappa shape index (κ3) is 16.8. The summed E-state index contributed by atoms with van der Waals surface area (Å²) in [6, 6.07) is 0. The maximum Gasteiger partial charge on any atom is 0.433 e. The van der Waals surface area contributed by atoms with Crippen LogP contribution < -0.4 is 0 Å². The summed E-state index contributed by atoms with van der Waals surface area (Å²) in [4.78, 5) is 0. The van der Waals surface area contributed by atoms with E-state index in [2.05, 4.69) is 18.9 Å². The molecular formula is C29H32F28O13. The van der Waals surface area contributed by atoms with Crippen molar-refractivity contribution in [3.8, 4) is 0 Å². The summed E-state index contributed by atoms with van der Waals surface area (Å²) in [5.74, 6) is -41.9. The predicted molar refractivity (Wildman–Crippen MR) is 158 cm³/mol. The zero-order valence-electron chi connectivity index (χ0n) is 33.3. The molecule has 2 unspecified atom stereocenters. The summed E-state index contributed by atoms with van der Waals surface area (Å²) in [7, 11) is 0. The van der Waals surface area contributed by atoms with Crippen LogP contribution in [0.2, 0.25) is 0 Å². The van der Waals surface area contributed by atoms with Crippen molar-refractivity contribution < 1.29 is 186 Å². The lowest BCUT2D eigenvalue weighted by atomic mass is 10.2. The molecule has 0 aromatic carbocycles. The molecule has 0 radical (unpaired) electrons. The molecule has 0 aliphatic rings. The zero-order chi connectivity index (χ0) is 55.9. The second kappa shape index (κ2) is 23.4. The van der Waals surface area contributed by atoms with E-state index in [1.54, 1.807) is 18.9 Å². The molecule has 422 valence electrons. The highest BCUT2D eigenvalue weighted by Crippen LogP contribution is 2.55. The quantitative estimate of drug-likeness (QED) is 0.0430. The summed E-state index contributed by atoms with van der Waals surface area (Å²) in [6.07, 6.45) is -68.3. The van der Waals surface area contributed by atoms with Gasteiger partial charge in [0, 0.05) is 13.2 Å². The SMILES string of the molecule is OCCC(O)COCC(F)(F)C(F)(F)OC(F)(F)C(F)(F)C(F)(F)OC(F)(F)C(F)(F)COCC(O)COCC(F)(F)C(F)(F)OC(F)(F)C(F)(F)C(F)(F)OC(F)(F)C(F)(F)COCC(O)CCO. The Morgan fingerprint density at radius 3 is 0.614 bits per heavy atom. The molecule has 0 aromatic rings. The first-order valence-corrected chi connectivity index (χ1v) is 17.5. The van der Waals surface area contributed by atoms with E-state index < -0.39 is 182 Å². The van der Waals surface area contributed by atoms with E-state index in [0.717, 1.165) is 0 Å². The van der Waals surface area contributed by atoms with Gasteiger partial charge in [-0.05, 0) is 12.8 Å². The van der Waals surface area contributed by atoms with Crippen LogP contribution >= 0.6 is 0 Å². The van der Waals surface area contributed by atoms with Gasteiger partial charge in [-0.2, -0.15) is 123 Å². The van der Waals surface area contributed by atoms with Crippen molar-refractivity contribution in [2.75, 3.05) is 66.1 Å². The monoisotopic (exact) mass is 1120 g/mol. The number of hydrogen-bond acceptors (Lipinski definition) is 13. The number of ether oxygens (including phenoxy) is 8. The smallest absolute Gasteiger partial charge is 0.396 e. The zero-order valence-corrected chi connectivity index (χ0v) is 33.3. The average molecular weight is 1120 g/mol. The Balaban J connectivity index is 5.68. The van der Waals surface area contributed by atoms with Gasteiger partial charge in [-0.25, -0.2) is 18.9 Å². The maximum atomic E-state index is 13.9. The minimum absolute atomic E-state index is 0.692. The highest BCUT2D eigenvalue weighted by molar-refractivity contribution is 4.93. The molecule has 0 saturated carbocycles. The molecule has 0 saturated heterocycles. The van der Waals surface area contributed by atoms with Crippen molar-refractivity contribution in [3.05, 3.63) is 0 Å².